The number of hydrogen-bond donors (Lipinski definition) is 2. The Morgan fingerprint density at radius 1 is 1.28 bits per heavy atom. The molecular formula is C23H32N2O4. The smallest absolute Gasteiger partial charge is 0.255 e. The Balaban J connectivity index is 1.58. The van der Waals surface area contributed by atoms with Gasteiger partial charge >= 0.3 is 0 Å². The van der Waals surface area contributed by atoms with Crippen LogP contribution in [0.3, 0.4) is 0 Å². The highest BCUT2D eigenvalue weighted by molar-refractivity contribution is 5.76. The molecule has 158 valence electrons. The van der Waals surface area contributed by atoms with Crippen LogP contribution in [0.2, 0.25) is 0 Å². The fraction of sp³-hybridized carbons (Fsp3) is 0.652. The van der Waals surface area contributed by atoms with Gasteiger partial charge in [0.25, 0.3) is 5.91 Å². The molecule has 1 saturated heterocycles. The fourth-order valence-electron chi connectivity index (χ4n) is 6.29. The molecule has 2 bridgehead atoms. The van der Waals surface area contributed by atoms with E-state index in [1.54, 1.807) is 0 Å². The van der Waals surface area contributed by atoms with Crippen LogP contribution in [-0.2, 0) is 14.3 Å². The molecule has 1 unspecified atom stereocenters. The Labute approximate surface area is 172 Å². The Bertz CT molecular complexity index is 791. The van der Waals surface area contributed by atoms with Crippen LogP contribution in [0.15, 0.2) is 24.3 Å². The zero-order chi connectivity index (χ0) is 20.8. The van der Waals surface area contributed by atoms with Crippen molar-refractivity contribution >= 4 is 11.8 Å². The number of amides is 2. The second kappa shape index (κ2) is 7.31. The van der Waals surface area contributed by atoms with E-state index < -0.39 is 5.91 Å². The molecule has 2 saturated carbocycles. The van der Waals surface area contributed by atoms with E-state index in [2.05, 4.69) is 19.2 Å². The van der Waals surface area contributed by atoms with Crippen LogP contribution >= 0.6 is 0 Å². The predicted molar refractivity (Wildman–Crippen MR) is 109 cm³/mol. The molecule has 4 rings (SSSR count). The third-order valence-corrected chi connectivity index (χ3v) is 7.72. The van der Waals surface area contributed by atoms with E-state index in [-0.39, 0.29) is 35.5 Å². The second-order valence-electron chi connectivity index (χ2n) is 9.52. The van der Waals surface area contributed by atoms with Crippen LogP contribution in [0.1, 0.15) is 58.1 Å². The van der Waals surface area contributed by atoms with Gasteiger partial charge in [-0.1, -0.05) is 32.9 Å². The minimum atomic E-state index is -0.489. The van der Waals surface area contributed by atoms with Crippen molar-refractivity contribution in [1.82, 2.24) is 5.32 Å². The number of hydrogen-bond acceptors (Lipinski definition) is 4. The van der Waals surface area contributed by atoms with Gasteiger partial charge in [0.2, 0.25) is 5.91 Å². The standard InChI is InChI=1S/C23H32N2O4/c1-4-19(27)25-21-22(2,3)15-11-17-20(28-10-9-23(17,21)12-15)14-5-7-16(8-6-14)29-13-18(24)26/h5-8,15,17,20-21H,4,9-13H2,1-3H3,(H2,24,26)(H,25,27)/t15-,17-,20-,21+,23?/m1/s1. The summed E-state index contributed by atoms with van der Waals surface area (Å²) in [7, 11) is 0. The summed E-state index contributed by atoms with van der Waals surface area (Å²) in [6.07, 6.45) is 3.85. The minimum absolute atomic E-state index is 0.0241. The van der Waals surface area contributed by atoms with E-state index in [9.17, 15) is 9.59 Å². The van der Waals surface area contributed by atoms with E-state index in [4.69, 9.17) is 15.2 Å². The molecule has 2 amide bonds. The summed E-state index contributed by atoms with van der Waals surface area (Å²) in [5, 5.41) is 3.39. The molecule has 1 heterocycles. The highest BCUT2D eigenvalue weighted by Crippen LogP contribution is 2.70. The van der Waals surface area contributed by atoms with Crippen molar-refractivity contribution in [2.24, 2.45) is 28.4 Å². The summed E-state index contributed by atoms with van der Waals surface area (Å²) < 4.78 is 11.7. The monoisotopic (exact) mass is 400 g/mol. The average Bonchev–Trinajstić information content (AvgIpc) is 3.19. The maximum absolute atomic E-state index is 12.3. The van der Waals surface area contributed by atoms with Crippen molar-refractivity contribution in [3.8, 4) is 5.75 Å². The number of nitrogens with one attached hydrogen (secondary N) is 1. The number of ether oxygens (including phenoxy) is 2. The Morgan fingerprint density at radius 2 is 2.00 bits per heavy atom. The van der Waals surface area contributed by atoms with Gasteiger partial charge in [-0.25, -0.2) is 0 Å². The lowest BCUT2D eigenvalue weighted by Crippen LogP contribution is -2.58. The topological polar surface area (TPSA) is 90.6 Å². The van der Waals surface area contributed by atoms with Crippen LogP contribution in [0.25, 0.3) is 0 Å². The van der Waals surface area contributed by atoms with Crippen LogP contribution in [0.4, 0.5) is 0 Å². The molecule has 3 N–H and O–H groups in total. The summed E-state index contributed by atoms with van der Waals surface area (Å²) >= 11 is 0. The van der Waals surface area contributed by atoms with E-state index >= 15 is 0 Å². The first-order valence-electron chi connectivity index (χ1n) is 10.7. The highest BCUT2D eigenvalue weighted by atomic mass is 16.5. The maximum atomic E-state index is 12.3. The number of carbonyl (C=O) groups excluding carboxylic acids is 2. The first-order chi connectivity index (χ1) is 13.8. The third kappa shape index (κ3) is 3.31. The predicted octanol–water partition coefficient (Wildman–Crippen LogP) is 2.96. The van der Waals surface area contributed by atoms with Gasteiger partial charge in [-0.15, -0.1) is 0 Å². The molecule has 2 aliphatic carbocycles. The molecule has 1 aromatic rings. The quantitative estimate of drug-likeness (QED) is 0.768. The molecule has 6 heteroatoms. The van der Waals surface area contributed by atoms with Crippen molar-refractivity contribution in [3.05, 3.63) is 29.8 Å². The molecule has 3 fully saturated rings. The van der Waals surface area contributed by atoms with E-state index in [0.717, 1.165) is 18.4 Å². The van der Waals surface area contributed by atoms with Crippen molar-refractivity contribution in [3.63, 3.8) is 0 Å². The number of nitrogens with two attached hydrogens (primary N) is 1. The second-order valence-corrected chi connectivity index (χ2v) is 9.52. The van der Waals surface area contributed by atoms with Gasteiger partial charge in [0.15, 0.2) is 6.61 Å². The summed E-state index contributed by atoms with van der Waals surface area (Å²) in [5.74, 6) is 1.27. The first-order valence-corrected chi connectivity index (χ1v) is 10.7. The molecular weight excluding hydrogens is 368 g/mol. The average molecular weight is 401 g/mol. The van der Waals surface area contributed by atoms with Crippen LogP contribution < -0.4 is 15.8 Å². The van der Waals surface area contributed by atoms with Crippen LogP contribution in [0, 0.1) is 22.7 Å². The molecule has 29 heavy (non-hydrogen) atoms. The normalized spacial score (nSPS) is 34.4. The lowest BCUT2D eigenvalue weighted by Gasteiger charge is -2.53. The number of carbonyl (C=O) groups is 2. The van der Waals surface area contributed by atoms with Gasteiger partial charge in [-0.3, -0.25) is 9.59 Å². The van der Waals surface area contributed by atoms with Crippen molar-refractivity contribution < 1.29 is 19.1 Å². The van der Waals surface area contributed by atoms with Crippen LogP contribution in [-0.4, -0.2) is 31.1 Å². The maximum Gasteiger partial charge on any atom is 0.255 e. The molecule has 1 spiro atoms. The van der Waals surface area contributed by atoms with Gasteiger partial charge in [0.1, 0.15) is 5.75 Å². The largest absolute Gasteiger partial charge is 0.484 e. The number of benzene rings is 1. The fourth-order valence-corrected chi connectivity index (χ4v) is 6.29. The Morgan fingerprint density at radius 3 is 2.66 bits per heavy atom. The zero-order valence-electron chi connectivity index (χ0n) is 17.6. The summed E-state index contributed by atoms with van der Waals surface area (Å²) in [6.45, 7) is 7.14. The lowest BCUT2D eigenvalue weighted by molar-refractivity contribution is -0.137. The zero-order valence-corrected chi connectivity index (χ0v) is 17.6. The lowest BCUT2D eigenvalue weighted by atomic mass is 9.59. The number of fused-ring (bicyclic) bond motifs is 1. The third-order valence-electron chi connectivity index (χ3n) is 7.72. The minimum Gasteiger partial charge on any atom is -0.484 e. The molecule has 0 radical (unpaired) electrons. The van der Waals surface area contributed by atoms with E-state index in [0.29, 0.717) is 30.6 Å². The molecule has 0 aromatic heterocycles. The van der Waals surface area contributed by atoms with Gasteiger partial charge in [-0.05, 0) is 59.6 Å². The first kappa shape index (κ1) is 20.2. The van der Waals surface area contributed by atoms with E-state index in [1.807, 2.05) is 31.2 Å². The van der Waals surface area contributed by atoms with E-state index in [1.165, 1.54) is 6.42 Å². The van der Waals surface area contributed by atoms with Gasteiger partial charge < -0.3 is 20.5 Å². The highest BCUT2D eigenvalue weighted by Gasteiger charge is 2.68. The van der Waals surface area contributed by atoms with Gasteiger partial charge in [-0.2, -0.15) is 0 Å². The Kier molecular flexibility index (Phi) is 5.09. The van der Waals surface area contributed by atoms with Crippen molar-refractivity contribution in [2.45, 2.75) is 58.6 Å². The molecule has 5 atom stereocenters. The molecule has 6 nitrogen and oxygen atoms in total. The van der Waals surface area contributed by atoms with Crippen LogP contribution in [0.5, 0.6) is 5.75 Å². The van der Waals surface area contributed by atoms with Gasteiger partial charge in [0.05, 0.1) is 6.10 Å². The molecule has 1 aliphatic heterocycles. The van der Waals surface area contributed by atoms with Gasteiger partial charge in [0, 0.05) is 19.1 Å². The number of primary amides is 1. The number of rotatable bonds is 6. The summed E-state index contributed by atoms with van der Waals surface area (Å²) in [4.78, 5) is 23.2. The van der Waals surface area contributed by atoms with Crippen molar-refractivity contribution in [1.29, 1.82) is 0 Å². The SMILES string of the molecule is CCC(=O)N[C@H]1C(C)(C)[C@@H]2C[C@@H]3[C@@H](c4ccc(OCC(N)=O)cc4)OCCC31C2. The molecule has 1 aromatic carbocycles. The summed E-state index contributed by atoms with van der Waals surface area (Å²) in [5.41, 5.74) is 6.48. The summed E-state index contributed by atoms with van der Waals surface area (Å²) in [6, 6.07) is 7.98. The molecule has 3 aliphatic rings. The van der Waals surface area contributed by atoms with Crippen molar-refractivity contribution in [2.75, 3.05) is 13.2 Å². The Hall–Kier alpha value is -2.08.